The lowest BCUT2D eigenvalue weighted by Crippen LogP contribution is -2.47. The SMILES string of the molecule is Cc1cc(CN2CCOC(CN(C)CC(=O)O)C2)ccc1Br. The Hall–Kier alpha value is -0.950. The normalized spacial score (nSPS) is 19.5. The van der Waals surface area contributed by atoms with Gasteiger partial charge in [-0.3, -0.25) is 14.6 Å². The van der Waals surface area contributed by atoms with Crippen molar-refractivity contribution in [2.24, 2.45) is 0 Å². The van der Waals surface area contributed by atoms with Crippen molar-refractivity contribution in [2.75, 3.05) is 39.8 Å². The molecule has 1 atom stereocenters. The number of halogens is 1. The average Bonchev–Trinajstić information content (AvgIpc) is 2.42. The predicted molar refractivity (Wildman–Crippen MR) is 89.0 cm³/mol. The number of aliphatic carboxylic acids is 1. The monoisotopic (exact) mass is 370 g/mol. The largest absolute Gasteiger partial charge is 0.480 e. The number of nitrogens with zero attached hydrogens (tertiary/aromatic N) is 2. The smallest absolute Gasteiger partial charge is 0.317 e. The summed E-state index contributed by atoms with van der Waals surface area (Å²) in [6.45, 7) is 6.12. The first-order valence-electron chi connectivity index (χ1n) is 7.43. The number of hydrogen-bond donors (Lipinski definition) is 1. The fraction of sp³-hybridized carbons (Fsp3) is 0.562. The zero-order chi connectivity index (χ0) is 16.1. The molecule has 1 aromatic rings. The van der Waals surface area contributed by atoms with Crippen LogP contribution in [-0.2, 0) is 16.1 Å². The first-order chi connectivity index (χ1) is 10.4. The number of aryl methyl sites for hydroxylation is 1. The molecule has 0 saturated carbocycles. The maximum Gasteiger partial charge on any atom is 0.317 e. The number of morpholine rings is 1. The van der Waals surface area contributed by atoms with Crippen LogP contribution in [0, 0.1) is 6.92 Å². The van der Waals surface area contributed by atoms with Crippen LogP contribution in [-0.4, -0.2) is 66.8 Å². The van der Waals surface area contributed by atoms with Crippen LogP contribution in [0.15, 0.2) is 22.7 Å². The first kappa shape index (κ1) is 17.4. The van der Waals surface area contributed by atoms with Gasteiger partial charge in [-0.05, 0) is 31.2 Å². The number of carboxylic acid groups (broad SMARTS) is 1. The van der Waals surface area contributed by atoms with E-state index in [9.17, 15) is 4.79 Å². The second kappa shape index (κ2) is 8.06. The number of ether oxygens (including phenoxy) is 1. The standard InChI is InChI=1S/C16H23BrN2O3/c1-12-7-13(3-4-15(12)17)8-19-5-6-22-14(10-19)9-18(2)11-16(20)21/h3-4,7,14H,5-6,8-11H2,1-2H3,(H,20,21). The second-order valence-corrected chi connectivity index (χ2v) is 6.76. The number of carboxylic acids is 1. The van der Waals surface area contributed by atoms with Gasteiger partial charge in [0.05, 0.1) is 19.3 Å². The minimum Gasteiger partial charge on any atom is -0.480 e. The number of hydrogen-bond acceptors (Lipinski definition) is 4. The van der Waals surface area contributed by atoms with E-state index in [1.165, 1.54) is 11.1 Å². The minimum atomic E-state index is -0.805. The van der Waals surface area contributed by atoms with Crippen molar-refractivity contribution in [3.63, 3.8) is 0 Å². The molecule has 0 aromatic heterocycles. The van der Waals surface area contributed by atoms with Crippen LogP contribution in [0.25, 0.3) is 0 Å². The Labute approximate surface area is 140 Å². The third-order valence-electron chi connectivity index (χ3n) is 3.77. The molecule has 0 bridgehead atoms. The van der Waals surface area contributed by atoms with Gasteiger partial charge in [0, 0.05) is 30.7 Å². The molecule has 0 radical (unpaired) electrons. The third kappa shape index (κ3) is 5.35. The lowest BCUT2D eigenvalue weighted by molar-refractivity contribution is -0.138. The summed E-state index contributed by atoms with van der Waals surface area (Å²) in [7, 11) is 1.81. The molecule has 1 heterocycles. The van der Waals surface area contributed by atoms with Crippen LogP contribution in [0.4, 0.5) is 0 Å². The number of likely N-dealkylation sites (N-methyl/N-ethyl adjacent to an activating group) is 1. The molecule has 0 aliphatic carbocycles. The highest BCUT2D eigenvalue weighted by Gasteiger charge is 2.22. The summed E-state index contributed by atoms with van der Waals surface area (Å²) in [6.07, 6.45) is 0.0645. The molecule has 2 rings (SSSR count). The van der Waals surface area contributed by atoms with E-state index >= 15 is 0 Å². The van der Waals surface area contributed by atoms with Gasteiger partial charge in [-0.15, -0.1) is 0 Å². The predicted octanol–water partition coefficient (Wildman–Crippen LogP) is 1.97. The number of rotatable bonds is 6. The molecule has 1 fully saturated rings. The summed E-state index contributed by atoms with van der Waals surface area (Å²) in [5.74, 6) is -0.805. The molecule has 1 aliphatic rings. The first-order valence-corrected chi connectivity index (χ1v) is 8.22. The third-order valence-corrected chi connectivity index (χ3v) is 4.66. The Morgan fingerprint density at radius 2 is 2.32 bits per heavy atom. The quantitative estimate of drug-likeness (QED) is 0.829. The van der Waals surface area contributed by atoms with E-state index in [0.717, 1.165) is 24.1 Å². The molecular formula is C16H23BrN2O3. The number of benzene rings is 1. The Bertz CT molecular complexity index is 524. The van der Waals surface area contributed by atoms with Gasteiger partial charge >= 0.3 is 5.97 Å². The lowest BCUT2D eigenvalue weighted by Gasteiger charge is -2.34. The van der Waals surface area contributed by atoms with Crippen molar-refractivity contribution in [3.05, 3.63) is 33.8 Å². The highest BCUT2D eigenvalue weighted by Crippen LogP contribution is 2.19. The Morgan fingerprint density at radius 3 is 3.00 bits per heavy atom. The lowest BCUT2D eigenvalue weighted by atomic mass is 10.1. The highest BCUT2D eigenvalue weighted by atomic mass is 79.9. The van der Waals surface area contributed by atoms with E-state index in [-0.39, 0.29) is 12.6 Å². The molecule has 1 aliphatic heterocycles. The summed E-state index contributed by atoms with van der Waals surface area (Å²) in [5, 5.41) is 8.81. The molecule has 1 aromatic carbocycles. The Balaban J connectivity index is 1.87. The van der Waals surface area contributed by atoms with E-state index in [1.807, 2.05) is 7.05 Å². The van der Waals surface area contributed by atoms with Crippen molar-refractivity contribution < 1.29 is 14.6 Å². The van der Waals surface area contributed by atoms with Crippen molar-refractivity contribution in [2.45, 2.75) is 19.6 Å². The van der Waals surface area contributed by atoms with Crippen molar-refractivity contribution in [3.8, 4) is 0 Å². The molecule has 122 valence electrons. The summed E-state index contributed by atoms with van der Waals surface area (Å²) < 4.78 is 6.89. The van der Waals surface area contributed by atoms with Crippen LogP contribution >= 0.6 is 15.9 Å². The minimum absolute atomic E-state index is 0.0474. The summed E-state index contributed by atoms with van der Waals surface area (Å²) in [5.41, 5.74) is 2.53. The molecular weight excluding hydrogens is 348 g/mol. The van der Waals surface area contributed by atoms with Crippen LogP contribution in [0.3, 0.4) is 0 Å². The van der Waals surface area contributed by atoms with Crippen molar-refractivity contribution in [1.29, 1.82) is 0 Å². The molecule has 22 heavy (non-hydrogen) atoms. The van der Waals surface area contributed by atoms with E-state index in [1.54, 1.807) is 4.90 Å². The van der Waals surface area contributed by atoms with Crippen molar-refractivity contribution >= 4 is 21.9 Å². The van der Waals surface area contributed by atoms with Gasteiger partial charge in [0.25, 0.3) is 0 Å². The van der Waals surface area contributed by atoms with Crippen LogP contribution in [0.5, 0.6) is 0 Å². The molecule has 6 heteroatoms. The summed E-state index contributed by atoms with van der Waals surface area (Å²) in [6, 6.07) is 6.42. The van der Waals surface area contributed by atoms with Crippen molar-refractivity contribution in [1.82, 2.24) is 9.80 Å². The number of carbonyl (C=O) groups is 1. The topological polar surface area (TPSA) is 53.0 Å². The maximum absolute atomic E-state index is 10.7. The van der Waals surface area contributed by atoms with Gasteiger partial charge < -0.3 is 9.84 Å². The van der Waals surface area contributed by atoms with Gasteiger partial charge in [0.2, 0.25) is 0 Å². The molecule has 1 saturated heterocycles. The van der Waals surface area contributed by atoms with Gasteiger partial charge in [-0.25, -0.2) is 0 Å². The molecule has 1 N–H and O–H groups in total. The van der Waals surface area contributed by atoms with E-state index in [0.29, 0.717) is 13.2 Å². The van der Waals surface area contributed by atoms with E-state index < -0.39 is 5.97 Å². The van der Waals surface area contributed by atoms with Gasteiger partial charge in [-0.2, -0.15) is 0 Å². The van der Waals surface area contributed by atoms with E-state index in [2.05, 4.69) is 46.0 Å². The summed E-state index contributed by atoms with van der Waals surface area (Å²) >= 11 is 3.52. The fourth-order valence-corrected chi connectivity index (χ4v) is 2.99. The maximum atomic E-state index is 10.7. The van der Waals surface area contributed by atoms with Gasteiger partial charge in [0.1, 0.15) is 0 Å². The molecule has 5 nitrogen and oxygen atoms in total. The van der Waals surface area contributed by atoms with E-state index in [4.69, 9.17) is 9.84 Å². The van der Waals surface area contributed by atoms with Gasteiger partial charge in [-0.1, -0.05) is 28.1 Å². The zero-order valence-electron chi connectivity index (χ0n) is 13.1. The Kier molecular flexibility index (Phi) is 6.37. The van der Waals surface area contributed by atoms with Crippen LogP contribution < -0.4 is 0 Å². The van der Waals surface area contributed by atoms with Gasteiger partial charge in [0.15, 0.2) is 0 Å². The van der Waals surface area contributed by atoms with Crippen LogP contribution in [0.2, 0.25) is 0 Å². The average molecular weight is 371 g/mol. The summed E-state index contributed by atoms with van der Waals surface area (Å²) in [4.78, 5) is 14.9. The molecule has 1 unspecified atom stereocenters. The second-order valence-electron chi connectivity index (χ2n) is 5.90. The Morgan fingerprint density at radius 1 is 1.55 bits per heavy atom. The molecule has 0 amide bonds. The fourth-order valence-electron chi connectivity index (χ4n) is 2.74. The molecule has 0 spiro atoms. The van der Waals surface area contributed by atoms with Crippen LogP contribution in [0.1, 0.15) is 11.1 Å². The zero-order valence-corrected chi connectivity index (χ0v) is 14.7. The highest BCUT2D eigenvalue weighted by molar-refractivity contribution is 9.10.